The summed E-state index contributed by atoms with van der Waals surface area (Å²) in [5, 5.41) is 0. The molecule has 0 saturated carbocycles. The van der Waals surface area contributed by atoms with Gasteiger partial charge in [0, 0.05) is 38.3 Å². The lowest BCUT2D eigenvalue weighted by Crippen LogP contribution is -2.56. The molecule has 1 aliphatic carbocycles. The Balaban J connectivity index is 1.93. The molecule has 3 heteroatoms. The summed E-state index contributed by atoms with van der Waals surface area (Å²) in [5.41, 5.74) is 9.45. The molecule has 3 rings (SSSR count). The van der Waals surface area contributed by atoms with E-state index in [0.29, 0.717) is 17.5 Å². The normalized spacial score (nSPS) is 30.1. The molecule has 2 unspecified atom stereocenters. The molecule has 1 aliphatic heterocycles. The monoisotopic (exact) mass is 287 g/mol. The summed E-state index contributed by atoms with van der Waals surface area (Å²) in [6, 6.07) is 10.1. The van der Waals surface area contributed by atoms with Gasteiger partial charge in [0.25, 0.3) is 0 Å². The summed E-state index contributed by atoms with van der Waals surface area (Å²) in [6.07, 6.45) is 2.52. The first kappa shape index (κ1) is 15.0. The van der Waals surface area contributed by atoms with E-state index in [1.807, 2.05) is 0 Å². The van der Waals surface area contributed by atoms with E-state index in [4.69, 9.17) is 5.73 Å². The van der Waals surface area contributed by atoms with E-state index < -0.39 is 0 Å². The van der Waals surface area contributed by atoms with Gasteiger partial charge in [0.2, 0.25) is 0 Å². The van der Waals surface area contributed by atoms with Crippen molar-refractivity contribution in [3.63, 3.8) is 0 Å². The molecule has 21 heavy (non-hydrogen) atoms. The largest absolute Gasteiger partial charge is 0.329 e. The third-order valence-corrected chi connectivity index (χ3v) is 5.50. The topological polar surface area (TPSA) is 32.5 Å². The Morgan fingerprint density at radius 1 is 1.24 bits per heavy atom. The minimum atomic E-state index is 0.303. The summed E-state index contributed by atoms with van der Waals surface area (Å²) in [5.74, 6) is 0. The average Bonchev–Trinajstić information content (AvgIpc) is 2.48. The molecule has 0 radical (unpaired) electrons. The van der Waals surface area contributed by atoms with Gasteiger partial charge in [-0.1, -0.05) is 38.1 Å². The standard InChI is InChI=1S/C18H29N3/c1-18(2)9-8-17(15-6-4-5-7-16(15)18)21-11-10-20(3)13-14(21)12-19/h4-7,14,17H,8-13,19H2,1-3H3. The molecule has 0 spiro atoms. The van der Waals surface area contributed by atoms with E-state index in [-0.39, 0.29) is 0 Å². The predicted molar refractivity (Wildman–Crippen MR) is 88.5 cm³/mol. The molecule has 0 amide bonds. The number of nitrogens with two attached hydrogens (primary N) is 1. The second kappa shape index (κ2) is 5.71. The summed E-state index contributed by atoms with van der Waals surface area (Å²) >= 11 is 0. The molecule has 1 aromatic carbocycles. The van der Waals surface area contributed by atoms with Gasteiger partial charge < -0.3 is 10.6 Å². The Kier molecular flexibility index (Phi) is 4.08. The van der Waals surface area contributed by atoms with Crippen LogP contribution in [0.5, 0.6) is 0 Å². The van der Waals surface area contributed by atoms with E-state index in [2.05, 4.69) is 55.0 Å². The minimum Gasteiger partial charge on any atom is -0.329 e. The highest BCUT2D eigenvalue weighted by Crippen LogP contribution is 2.44. The maximum Gasteiger partial charge on any atom is 0.0355 e. The van der Waals surface area contributed by atoms with Crippen molar-refractivity contribution >= 4 is 0 Å². The summed E-state index contributed by atoms with van der Waals surface area (Å²) in [6.45, 7) is 8.90. The maximum atomic E-state index is 6.07. The highest BCUT2D eigenvalue weighted by atomic mass is 15.3. The van der Waals surface area contributed by atoms with E-state index in [9.17, 15) is 0 Å². The number of likely N-dealkylation sites (N-methyl/N-ethyl adjacent to an activating group) is 1. The number of rotatable bonds is 2. The van der Waals surface area contributed by atoms with Crippen LogP contribution < -0.4 is 5.73 Å². The van der Waals surface area contributed by atoms with Crippen molar-refractivity contribution in [2.24, 2.45) is 5.73 Å². The zero-order chi connectivity index (χ0) is 15.0. The quantitative estimate of drug-likeness (QED) is 0.906. The van der Waals surface area contributed by atoms with E-state index in [0.717, 1.165) is 26.2 Å². The Labute approximate surface area is 129 Å². The van der Waals surface area contributed by atoms with Crippen LogP contribution in [-0.2, 0) is 5.41 Å². The lowest BCUT2D eigenvalue weighted by atomic mass is 9.70. The summed E-state index contributed by atoms with van der Waals surface area (Å²) in [7, 11) is 2.21. The third kappa shape index (κ3) is 2.75. The minimum absolute atomic E-state index is 0.303. The van der Waals surface area contributed by atoms with Gasteiger partial charge in [0.05, 0.1) is 0 Å². The molecule has 1 aromatic rings. The smallest absolute Gasteiger partial charge is 0.0355 e. The van der Waals surface area contributed by atoms with Crippen molar-refractivity contribution in [1.29, 1.82) is 0 Å². The average molecular weight is 287 g/mol. The fraction of sp³-hybridized carbons (Fsp3) is 0.667. The molecule has 3 nitrogen and oxygen atoms in total. The number of nitrogens with zero attached hydrogens (tertiary/aromatic N) is 2. The Bertz CT molecular complexity index is 497. The zero-order valence-electron chi connectivity index (χ0n) is 13.7. The fourth-order valence-corrected chi connectivity index (χ4v) is 4.18. The lowest BCUT2D eigenvalue weighted by molar-refractivity contribution is 0.0443. The van der Waals surface area contributed by atoms with Gasteiger partial charge in [-0.2, -0.15) is 0 Å². The second-order valence-corrected chi connectivity index (χ2v) is 7.42. The second-order valence-electron chi connectivity index (χ2n) is 7.42. The molecular formula is C18H29N3. The highest BCUT2D eigenvalue weighted by Gasteiger charge is 2.38. The molecule has 2 atom stereocenters. The molecule has 116 valence electrons. The summed E-state index contributed by atoms with van der Waals surface area (Å²) < 4.78 is 0. The van der Waals surface area contributed by atoms with Crippen LogP contribution in [-0.4, -0.2) is 49.1 Å². The first-order valence-electron chi connectivity index (χ1n) is 8.26. The predicted octanol–water partition coefficient (Wildman–Crippen LogP) is 2.37. The van der Waals surface area contributed by atoms with Crippen molar-refractivity contribution < 1.29 is 0 Å². The molecule has 2 aliphatic rings. The molecule has 1 heterocycles. The number of piperazine rings is 1. The van der Waals surface area contributed by atoms with E-state index >= 15 is 0 Å². The van der Waals surface area contributed by atoms with Crippen LogP contribution in [0.25, 0.3) is 0 Å². The van der Waals surface area contributed by atoms with Crippen molar-refractivity contribution in [2.75, 3.05) is 33.2 Å². The van der Waals surface area contributed by atoms with Crippen LogP contribution in [0, 0.1) is 0 Å². The van der Waals surface area contributed by atoms with Crippen LogP contribution >= 0.6 is 0 Å². The van der Waals surface area contributed by atoms with E-state index in [1.54, 1.807) is 0 Å². The number of hydrogen-bond acceptors (Lipinski definition) is 3. The summed E-state index contributed by atoms with van der Waals surface area (Å²) in [4.78, 5) is 5.08. The van der Waals surface area contributed by atoms with Gasteiger partial charge in [0.15, 0.2) is 0 Å². The number of benzene rings is 1. The Morgan fingerprint density at radius 2 is 2.00 bits per heavy atom. The van der Waals surface area contributed by atoms with Crippen LogP contribution in [0.2, 0.25) is 0 Å². The van der Waals surface area contributed by atoms with Crippen molar-refractivity contribution in [3.8, 4) is 0 Å². The van der Waals surface area contributed by atoms with Crippen molar-refractivity contribution in [2.45, 2.75) is 44.2 Å². The van der Waals surface area contributed by atoms with Gasteiger partial charge in [-0.25, -0.2) is 0 Å². The molecule has 2 N–H and O–H groups in total. The molecule has 0 aromatic heterocycles. The van der Waals surface area contributed by atoms with Gasteiger partial charge >= 0.3 is 0 Å². The van der Waals surface area contributed by atoms with Gasteiger partial charge in [-0.15, -0.1) is 0 Å². The number of hydrogen-bond donors (Lipinski definition) is 1. The third-order valence-electron chi connectivity index (χ3n) is 5.50. The van der Waals surface area contributed by atoms with Crippen LogP contribution in [0.4, 0.5) is 0 Å². The lowest BCUT2D eigenvalue weighted by Gasteiger charge is -2.48. The Hall–Kier alpha value is -0.900. The van der Waals surface area contributed by atoms with Gasteiger partial charge in [0.1, 0.15) is 0 Å². The number of fused-ring (bicyclic) bond motifs is 1. The molecule has 0 bridgehead atoms. The SMILES string of the molecule is CN1CCN(C2CCC(C)(C)c3ccccc32)C(CN)C1. The van der Waals surface area contributed by atoms with Gasteiger partial charge in [-0.3, -0.25) is 4.90 Å². The zero-order valence-corrected chi connectivity index (χ0v) is 13.7. The van der Waals surface area contributed by atoms with Crippen LogP contribution in [0.3, 0.4) is 0 Å². The first-order valence-corrected chi connectivity index (χ1v) is 8.26. The van der Waals surface area contributed by atoms with E-state index in [1.165, 1.54) is 24.0 Å². The van der Waals surface area contributed by atoms with Crippen molar-refractivity contribution in [1.82, 2.24) is 9.80 Å². The fourth-order valence-electron chi connectivity index (χ4n) is 4.18. The van der Waals surface area contributed by atoms with Crippen LogP contribution in [0.1, 0.15) is 43.9 Å². The van der Waals surface area contributed by atoms with Gasteiger partial charge in [-0.05, 0) is 36.4 Å². The van der Waals surface area contributed by atoms with Crippen LogP contribution in [0.15, 0.2) is 24.3 Å². The maximum absolute atomic E-state index is 6.07. The molecule has 1 fully saturated rings. The molecule has 1 saturated heterocycles. The molecular weight excluding hydrogens is 258 g/mol. The highest BCUT2D eigenvalue weighted by molar-refractivity contribution is 5.38. The van der Waals surface area contributed by atoms with Crippen molar-refractivity contribution in [3.05, 3.63) is 35.4 Å². The first-order chi connectivity index (χ1) is 10.0. The Morgan fingerprint density at radius 3 is 2.76 bits per heavy atom.